The van der Waals surface area contributed by atoms with Gasteiger partial charge in [0.05, 0.1) is 0 Å². The fourth-order valence-electron chi connectivity index (χ4n) is 0. The molecule has 0 spiro atoms. The minimum atomic E-state index is -1.33. The van der Waals surface area contributed by atoms with Crippen molar-refractivity contribution in [1.82, 2.24) is 0 Å². The molecule has 0 fully saturated rings. The summed E-state index contributed by atoms with van der Waals surface area (Å²) in [4.78, 5) is 8.78. The zero-order valence-corrected chi connectivity index (χ0v) is 6.60. The van der Waals surface area contributed by atoms with Gasteiger partial charge in [-0.1, -0.05) is 0 Å². The fourth-order valence-corrected chi connectivity index (χ4v) is 0. The van der Waals surface area contributed by atoms with Gasteiger partial charge in [-0.05, 0) is 0 Å². The van der Waals surface area contributed by atoms with E-state index in [1.165, 1.54) is 0 Å². The van der Waals surface area contributed by atoms with Crippen LogP contribution in [-0.4, -0.2) is 11.2 Å². The van der Waals surface area contributed by atoms with Crippen LogP contribution in [0.4, 0.5) is 4.79 Å². The Balaban J connectivity index is 0. The molecule has 0 radical (unpaired) electrons. The molecule has 0 aliphatic rings. The summed E-state index contributed by atoms with van der Waals surface area (Å²) in [5.41, 5.74) is 4.03. The number of hydrogen-bond donors (Lipinski definition) is 2. The van der Waals surface area contributed by atoms with Crippen LogP contribution < -0.4 is 5.73 Å². The number of nitrogens with two attached hydrogens (primary N) is 1. The molecule has 0 atom stereocenters. The number of carbonyl (C=O) groups is 1. The van der Waals surface area contributed by atoms with E-state index in [1.54, 1.807) is 0 Å². The predicted octanol–water partition coefficient (Wildman–Crippen LogP) is -0.377. The molecule has 0 rings (SSSR count). The zero-order valence-electron chi connectivity index (χ0n) is 2.43. The van der Waals surface area contributed by atoms with E-state index < -0.39 is 6.09 Å². The van der Waals surface area contributed by atoms with Crippen molar-refractivity contribution in [1.29, 1.82) is 0 Å². The first-order chi connectivity index (χ1) is 1.73. The van der Waals surface area contributed by atoms with E-state index in [2.05, 4.69) is 5.73 Å². The minimum Gasteiger partial charge on any atom is -0.465 e. The van der Waals surface area contributed by atoms with Crippen LogP contribution in [0.3, 0.4) is 0 Å². The Kier molecular flexibility index (Phi) is 7.79. The van der Waals surface area contributed by atoms with Crippen LogP contribution in [0.1, 0.15) is 0 Å². The molecule has 0 aromatic rings. The molecule has 0 aromatic heterocycles. The van der Waals surface area contributed by atoms with Crippen molar-refractivity contribution in [3.05, 3.63) is 0 Å². The Morgan fingerprint density at radius 2 is 1.80 bits per heavy atom. The summed E-state index contributed by atoms with van der Waals surface area (Å²) in [5, 5.41) is 7.19. The molecule has 3 N–H and O–H groups in total. The summed E-state index contributed by atoms with van der Waals surface area (Å²) in [7, 11) is 0. The number of rotatable bonds is 0. The molecule has 0 aromatic carbocycles. The molecule has 0 heterocycles. The second-order valence-electron chi connectivity index (χ2n) is 0.338. The largest absolute Gasteiger partial charge is 0.465 e. The van der Waals surface area contributed by atoms with Crippen molar-refractivity contribution in [3.63, 3.8) is 0 Å². The van der Waals surface area contributed by atoms with E-state index in [-0.39, 0.29) is 31.1 Å². The van der Waals surface area contributed by atoms with E-state index in [1.807, 2.05) is 0 Å². The van der Waals surface area contributed by atoms with Crippen LogP contribution in [0, 0.1) is 31.1 Å². The first-order valence-electron chi connectivity index (χ1n) is 0.716. The number of hydrogen-bond acceptors (Lipinski definition) is 1. The SMILES string of the molecule is NC(=O)O.[U]. The second kappa shape index (κ2) is 4.32. The Morgan fingerprint density at radius 3 is 1.80 bits per heavy atom. The summed E-state index contributed by atoms with van der Waals surface area (Å²) >= 11 is 0. The maximum Gasteiger partial charge on any atom is 0.402 e. The van der Waals surface area contributed by atoms with Gasteiger partial charge in [-0.25, -0.2) is 4.79 Å². The third-order valence-corrected chi connectivity index (χ3v) is 0. The smallest absolute Gasteiger partial charge is 0.402 e. The maximum atomic E-state index is 8.78. The maximum absolute atomic E-state index is 8.78. The molecule has 4 heteroatoms. The standard InChI is InChI=1S/CH3NO2.U/c2-1(3)4;/h2H2,(H,3,4);. The molecule has 0 unspecified atom stereocenters. The van der Waals surface area contributed by atoms with Crippen molar-refractivity contribution in [2.45, 2.75) is 0 Å². The topological polar surface area (TPSA) is 63.3 Å². The molecule has 5 heavy (non-hydrogen) atoms. The number of amides is 1. The van der Waals surface area contributed by atoms with Gasteiger partial charge in [0.25, 0.3) is 0 Å². The normalized spacial score (nSPS) is 4.80. The molecule has 3 nitrogen and oxygen atoms in total. The molecule has 28 valence electrons. The van der Waals surface area contributed by atoms with E-state index >= 15 is 0 Å². The van der Waals surface area contributed by atoms with Crippen molar-refractivity contribution < 1.29 is 41.0 Å². The number of primary amides is 1. The van der Waals surface area contributed by atoms with Gasteiger partial charge in [0.15, 0.2) is 0 Å². The molecule has 0 aliphatic heterocycles. The third-order valence-electron chi connectivity index (χ3n) is 0. The van der Waals surface area contributed by atoms with Crippen molar-refractivity contribution >= 4 is 6.09 Å². The average Bonchev–Trinajstić information content (AvgIpc) is 0.811. The first kappa shape index (κ1) is 9.01. The van der Waals surface area contributed by atoms with Crippen LogP contribution in [0.2, 0.25) is 0 Å². The van der Waals surface area contributed by atoms with Crippen LogP contribution in [0.5, 0.6) is 0 Å². The van der Waals surface area contributed by atoms with Crippen LogP contribution >= 0.6 is 0 Å². The van der Waals surface area contributed by atoms with Gasteiger partial charge >= 0.3 is 6.09 Å². The molecule has 1 amide bonds. The van der Waals surface area contributed by atoms with Crippen molar-refractivity contribution in [2.75, 3.05) is 0 Å². The quantitative estimate of drug-likeness (QED) is 0.641. The Labute approximate surface area is 52.9 Å². The van der Waals surface area contributed by atoms with E-state index in [9.17, 15) is 0 Å². The van der Waals surface area contributed by atoms with Gasteiger partial charge < -0.3 is 10.8 Å². The molecule has 0 saturated heterocycles. The molecule has 0 aliphatic carbocycles. The van der Waals surface area contributed by atoms with Gasteiger partial charge in [-0.2, -0.15) is 0 Å². The van der Waals surface area contributed by atoms with E-state index in [0.29, 0.717) is 0 Å². The van der Waals surface area contributed by atoms with Crippen LogP contribution in [-0.2, 0) is 0 Å². The van der Waals surface area contributed by atoms with Crippen LogP contribution in [0.25, 0.3) is 0 Å². The number of carboxylic acid groups (broad SMARTS) is 1. The summed E-state index contributed by atoms with van der Waals surface area (Å²) < 4.78 is 0. The summed E-state index contributed by atoms with van der Waals surface area (Å²) in [6, 6.07) is 0. The van der Waals surface area contributed by atoms with Gasteiger partial charge in [0, 0.05) is 31.1 Å². The van der Waals surface area contributed by atoms with Gasteiger partial charge in [-0.3, -0.25) is 0 Å². The fraction of sp³-hybridized carbons (Fsp3) is 0. The predicted molar refractivity (Wildman–Crippen MR) is 12.2 cm³/mol. The Bertz CT molecular complexity index is 32.6. The second-order valence-corrected chi connectivity index (χ2v) is 0.338. The first-order valence-corrected chi connectivity index (χ1v) is 0.716. The van der Waals surface area contributed by atoms with Crippen molar-refractivity contribution in [3.8, 4) is 0 Å². The van der Waals surface area contributed by atoms with E-state index in [4.69, 9.17) is 9.90 Å². The molecule has 0 saturated carbocycles. The Hall–Kier alpha value is 0.322. The Morgan fingerprint density at radius 1 is 1.80 bits per heavy atom. The minimum absolute atomic E-state index is 0. The van der Waals surface area contributed by atoms with Crippen LogP contribution in [0.15, 0.2) is 0 Å². The summed E-state index contributed by atoms with van der Waals surface area (Å²) in [5.74, 6) is 0. The van der Waals surface area contributed by atoms with Crippen molar-refractivity contribution in [2.24, 2.45) is 5.73 Å². The van der Waals surface area contributed by atoms with Gasteiger partial charge in [0.2, 0.25) is 0 Å². The molecular formula is CH3NO2U. The third kappa shape index (κ3) is 225. The molecular weight excluding hydrogens is 296 g/mol. The summed E-state index contributed by atoms with van der Waals surface area (Å²) in [6.45, 7) is 0. The average molecular weight is 299 g/mol. The zero-order chi connectivity index (χ0) is 3.58. The van der Waals surface area contributed by atoms with Gasteiger partial charge in [0.1, 0.15) is 0 Å². The monoisotopic (exact) mass is 299 g/mol. The van der Waals surface area contributed by atoms with Gasteiger partial charge in [-0.15, -0.1) is 0 Å². The summed E-state index contributed by atoms with van der Waals surface area (Å²) in [6.07, 6.45) is -1.33. The molecule has 0 bridgehead atoms. The van der Waals surface area contributed by atoms with E-state index in [0.717, 1.165) is 0 Å².